The Morgan fingerprint density at radius 1 is 1.23 bits per heavy atom. The zero-order valence-electron chi connectivity index (χ0n) is 15.4. The lowest BCUT2D eigenvalue weighted by atomic mass is 9.64. The van der Waals surface area contributed by atoms with E-state index in [1.807, 2.05) is 42.6 Å². The molecule has 0 amide bonds. The van der Waals surface area contributed by atoms with E-state index in [0.717, 1.165) is 36.2 Å². The van der Waals surface area contributed by atoms with Gasteiger partial charge in [0.2, 0.25) is 0 Å². The van der Waals surface area contributed by atoms with E-state index in [1.54, 1.807) is 17.0 Å². The van der Waals surface area contributed by atoms with Gasteiger partial charge in [-0.3, -0.25) is 4.99 Å². The van der Waals surface area contributed by atoms with Gasteiger partial charge in [-0.25, -0.2) is 9.67 Å². The number of hydrogen-bond acceptors (Lipinski definition) is 3. The Bertz CT molecular complexity index is 863. The largest absolute Gasteiger partial charge is 0.386 e. The Balaban J connectivity index is 1.93. The Hall–Kier alpha value is -2.95. The van der Waals surface area contributed by atoms with Gasteiger partial charge < -0.3 is 5.73 Å². The number of allylic oxidation sites excluding steroid dienone is 2. The van der Waals surface area contributed by atoms with Crippen LogP contribution in [-0.2, 0) is 0 Å². The number of amidine groups is 1. The lowest BCUT2D eigenvalue weighted by Gasteiger charge is -2.42. The summed E-state index contributed by atoms with van der Waals surface area (Å²) in [5, 5.41) is 4.54. The summed E-state index contributed by atoms with van der Waals surface area (Å²) in [4.78, 5) is 9.24. The highest BCUT2D eigenvalue weighted by atomic mass is 15.3. The molecule has 134 valence electrons. The van der Waals surface area contributed by atoms with Crippen molar-refractivity contribution in [2.24, 2.45) is 21.1 Å². The lowest BCUT2D eigenvalue weighted by Crippen LogP contribution is -2.44. The lowest BCUT2D eigenvalue weighted by molar-refractivity contribution is 0.279. The summed E-state index contributed by atoms with van der Waals surface area (Å²) in [5.41, 5.74) is 9.31. The van der Waals surface area contributed by atoms with Crippen molar-refractivity contribution >= 4 is 17.9 Å². The Kier molecular flexibility index (Phi) is 5.16. The molecule has 1 saturated carbocycles. The first-order valence-corrected chi connectivity index (χ1v) is 8.85. The fraction of sp³-hybridized carbons (Fsp3) is 0.286. The highest BCUT2D eigenvalue weighted by molar-refractivity contribution is 5.92. The third-order valence-corrected chi connectivity index (χ3v) is 4.76. The summed E-state index contributed by atoms with van der Waals surface area (Å²) in [6, 6.07) is 11.8. The van der Waals surface area contributed by atoms with Crippen molar-refractivity contribution < 1.29 is 0 Å². The van der Waals surface area contributed by atoms with Crippen molar-refractivity contribution in [2.75, 3.05) is 0 Å². The predicted molar refractivity (Wildman–Crippen MR) is 108 cm³/mol. The third kappa shape index (κ3) is 3.38. The summed E-state index contributed by atoms with van der Waals surface area (Å²) in [5.74, 6) is 1.19. The van der Waals surface area contributed by atoms with E-state index in [4.69, 9.17) is 5.73 Å². The maximum Gasteiger partial charge on any atom is 0.176 e. The molecule has 5 heteroatoms. The van der Waals surface area contributed by atoms with Crippen LogP contribution in [0.3, 0.4) is 0 Å². The molecule has 5 nitrogen and oxygen atoms in total. The maximum absolute atomic E-state index is 6.47. The Labute approximate surface area is 154 Å². The Morgan fingerprint density at radius 3 is 2.54 bits per heavy atom. The van der Waals surface area contributed by atoms with Gasteiger partial charge in [0, 0.05) is 18.5 Å². The number of benzene rings is 1. The van der Waals surface area contributed by atoms with Gasteiger partial charge in [0.25, 0.3) is 0 Å². The highest BCUT2D eigenvalue weighted by Crippen LogP contribution is 2.49. The van der Waals surface area contributed by atoms with Crippen LogP contribution in [0.2, 0.25) is 0 Å². The average molecular weight is 347 g/mol. The summed E-state index contributed by atoms with van der Waals surface area (Å²) < 4.78 is 1.80. The molecular formula is C21H25N5. The first-order chi connectivity index (χ1) is 12.6. The molecular weight excluding hydrogens is 322 g/mol. The molecule has 1 aromatic carbocycles. The molecule has 1 aliphatic carbocycles. The molecule has 1 aliphatic rings. The number of rotatable bonds is 6. The average Bonchev–Trinajstić information content (AvgIpc) is 3.05. The van der Waals surface area contributed by atoms with Crippen LogP contribution in [-0.4, -0.2) is 21.8 Å². The molecule has 0 atom stereocenters. The van der Waals surface area contributed by atoms with Crippen LogP contribution in [0.15, 0.2) is 76.5 Å². The van der Waals surface area contributed by atoms with Crippen LogP contribution >= 0.6 is 0 Å². The van der Waals surface area contributed by atoms with Crippen LogP contribution in [0.25, 0.3) is 5.69 Å². The smallest absolute Gasteiger partial charge is 0.176 e. The normalized spacial score (nSPS) is 16.3. The minimum absolute atomic E-state index is 0.297. The van der Waals surface area contributed by atoms with Crippen molar-refractivity contribution in [1.29, 1.82) is 0 Å². The SMILES string of the molecule is C=CC=NC(=C(C)C)C1(C(N)=Nc2ccn(-c3ccccc3)n2)CCC1. The second-order valence-corrected chi connectivity index (χ2v) is 6.75. The summed E-state index contributed by atoms with van der Waals surface area (Å²) in [6.45, 7) is 7.84. The fourth-order valence-electron chi connectivity index (χ4n) is 3.33. The van der Waals surface area contributed by atoms with E-state index in [-0.39, 0.29) is 5.41 Å². The van der Waals surface area contributed by atoms with Crippen LogP contribution < -0.4 is 5.73 Å². The van der Waals surface area contributed by atoms with Gasteiger partial charge in [-0.2, -0.15) is 0 Å². The van der Waals surface area contributed by atoms with E-state index in [2.05, 4.69) is 35.5 Å². The molecule has 0 unspecified atom stereocenters. The van der Waals surface area contributed by atoms with Gasteiger partial charge in [0.05, 0.1) is 16.8 Å². The standard InChI is InChI=1S/C21H25N5/c1-4-14-23-19(16(2)3)21(12-8-13-21)20(22)24-18-11-15-26(25-18)17-9-6-5-7-10-17/h4-7,9-11,14-15H,1,8,12-13H2,2-3H3,(H2,22,24,25). The van der Waals surface area contributed by atoms with Gasteiger partial charge in [0.15, 0.2) is 5.82 Å². The zero-order valence-corrected chi connectivity index (χ0v) is 15.4. The van der Waals surface area contributed by atoms with Crippen molar-refractivity contribution in [3.63, 3.8) is 0 Å². The van der Waals surface area contributed by atoms with Crippen molar-refractivity contribution in [2.45, 2.75) is 33.1 Å². The molecule has 0 bridgehead atoms. The van der Waals surface area contributed by atoms with Crippen LogP contribution in [0, 0.1) is 5.41 Å². The van der Waals surface area contributed by atoms with Crippen molar-refractivity contribution in [1.82, 2.24) is 9.78 Å². The van der Waals surface area contributed by atoms with E-state index >= 15 is 0 Å². The molecule has 1 fully saturated rings. The topological polar surface area (TPSA) is 68.6 Å². The number of aliphatic imine (C=N–C) groups is 2. The molecule has 2 aromatic rings. The molecule has 1 aromatic heterocycles. The van der Waals surface area contributed by atoms with Gasteiger partial charge in [0.1, 0.15) is 5.84 Å². The summed E-state index contributed by atoms with van der Waals surface area (Å²) in [7, 11) is 0. The molecule has 3 rings (SSSR count). The molecule has 1 heterocycles. The number of aromatic nitrogens is 2. The van der Waals surface area contributed by atoms with Gasteiger partial charge in [-0.15, -0.1) is 5.10 Å². The van der Waals surface area contributed by atoms with Crippen molar-refractivity contribution in [3.8, 4) is 5.69 Å². The molecule has 2 N–H and O–H groups in total. The zero-order chi connectivity index (χ0) is 18.6. The molecule has 0 radical (unpaired) electrons. The Morgan fingerprint density at radius 2 is 1.96 bits per heavy atom. The monoisotopic (exact) mass is 347 g/mol. The minimum atomic E-state index is -0.297. The van der Waals surface area contributed by atoms with Crippen LogP contribution in [0.4, 0.5) is 5.82 Å². The highest BCUT2D eigenvalue weighted by Gasteiger charge is 2.45. The fourth-order valence-corrected chi connectivity index (χ4v) is 3.33. The number of hydrogen-bond donors (Lipinski definition) is 1. The van der Waals surface area contributed by atoms with E-state index in [1.165, 1.54) is 0 Å². The predicted octanol–water partition coefficient (Wildman–Crippen LogP) is 4.58. The second-order valence-electron chi connectivity index (χ2n) is 6.75. The maximum atomic E-state index is 6.47. The van der Waals surface area contributed by atoms with E-state index in [9.17, 15) is 0 Å². The van der Waals surface area contributed by atoms with Gasteiger partial charge >= 0.3 is 0 Å². The number of para-hydroxylation sites is 1. The molecule has 0 saturated heterocycles. The second kappa shape index (κ2) is 7.52. The van der Waals surface area contributed by atoms with E-state index < -0.39 is 0 Å². The summed E-state index contributed by atoms with van der Waals surface area (Å²) in [6.07, 6.45) is 8.33. The number of nitrogens with two attached hydrogens (primary N) is 1. The summed E-state index contributed by atoms with van der Waals surface area (Å²) >= 11 is 0. The van der Waals surface area contributed by atoms with Gasteiger partial charge in [-0.1, -0.05) is 42.8 Å². The number of nitrogens with zero attached hydrogens (tertiary/aromatic N) is 4. The first kappa shape index (κ1) is 17.9. The van der Waals surface area contributed by atoms with Crippen LogP contribution in [0.5, 0.6) is 0 Å². The minimum Gasteiger partial charge on any atom is -0.386 e. The third-order valence-electron chi connectivity index (χ3n) is 4.76. The molecule has 0 aliphatic heterocycles. The van der Waals surface area contributed by atoms with Gasteiger partial charge in [-0.05, 0) is 38.8 Å². The molecule has 26 heavy (non-hydrogen) atoms. The quantitative estimate of drug-likeness (QED) is 0.614. The van der Waals surface area contributed by atoms with E-state index in [0.29, 0.717) is 11.7 Å². The van der Waals surface area contributed by atoms with Crippen LogP contribution in [0.1, 0.15) is 33.1 Å². The molecule has 0 spiro atoms. The van der Waals surface area contributed by atoms with Crippen molar-refractivity contribution in [3.05, 3.63) is 66.5 Å². The first-order valence-electron chi connectivity index (χ1n) is 8.85.